The molecule has 1 heterocycles. The van der Waals surface area contributed by atoms with Crippen LogP contribution in [0, 0.1) is 18.8 Å². The first-order valence-corrected chi connectivity index (χ1v) is 7.31. The summed E-state index contributed by atoms with van der Waals surface area (Å²) in [5.41, 5.74) is 6.32. The van der Waals surface area contributed by atoms with Gasteiger partial charge in [0.2, 0.25) is 11.9 Å². The lowest BCUT2D eigenvalue weighted by atomic mass is 9.88. The van der Waals surface area contributed by atoms with E-state index in [9.17, 15) is 4.79 Å². The maximum atomic E-state index is 11.9. The number of anilines is 1. The van der Waals surface area contributed by atoms with Crippen molar-refractivity contribution in [2.45, 2.75) is 40.0 Å². The standard InChI is InChI=1S/C14H23ClN4O/c1-9(2)11(6-7-16)4-5-13(20)19-14-17-10(3)8-12(15)18-14/h8-9,11H,4-7,16H2,1-3H3,(H,17,18,19,20). The largest absolute Gasteiger partial charge is 0.330 e. The molecule has 1 aromatic heterocycles. The molecule has 0 saturated heterocycles. The Bertz CT molecular complexity index is 431. The molecule has 6 heteroatoms. The van der Waals surface area contributed by atoms with Gasteiger partial charge in [0.15, 0.2) is 0 Å². The maximum absolute atomic E-state index is 11.9. The molecule has 5 nitrogen and oxygen atoms in total. The molecule has 1 atom stereocenters. The molecule has 0 fully saturated rings. The van der Waals surface area contributed by atoms with Crippen molar-refractivity contribution in [1.29, 1.82) is 0 Å². The highest BCUT2D eigenvalue weighted by Gasteiger charge is 2.15. The number of nitrogens with one attached hydrogen (secondary N) is 1. The van der Waals surface area contributed by atoms with E-state index in [1.54, 1.807) is 13.0 Å². The SMILES string of the molecule is Cc1cc(Cl)nc(NC(=O)CCC(CCN)C(C)C)n1. The van der Waals surface area contributed by atoms with E-state index in [4.69, 9.17) is 17.3 Å². The summed E-state index contributed by atoms with van der Waals surface area (Å²) < 4.78 is 0. The molecule has 20 heavy (non-hydrogen) atoms. The fraction of sp³-hybridized carbons (Fsp3) is 0.643. The van der Waals surface area contributed by atoms with Crippen LogP contribution < -0.4 is 11.1 Å². The number of rotatable bonds is 7. The summed E-state index contributed by atoms with van der Waals surface area (Å²) >= 11 is 5.83. The van der Waals surface area contributed by atoms with Crippen molar-refractivity contribution in [3.05, 3.63) is 16.9 Å². The van der Waals surface area contributed by atoms with Crippen LogP contribution in [-0.4, -0.2) is 22.4 Å². The fourth-order valence-electron chi connectivity index (χ4n) is 2.11. The van der Waals surface area contributed by atoms with E-state index in [1.807, 2.05) is 0 Å². The summed E-state index contributed by atoms with van der Waals surface area (Å²) in [6.45, 7) is 6.77. The number of hydrogen-bond acceptors (Lipinski definition) is 4. The average molecular weight is 299 g/mol. The highest BCUT2D eigenvalue weighted by Crippen LogP contribution is 2.20. The Kier molecular flexibility index (Phi) is 6.88. The van der Waals surface area contributed by atoms with Crippen LogP contribution >= 0.6 is 11.6 Å². The highest BCUT2D eigenvalue weighted by molar-refractivity contribution is 6.29. The van der Waals surface area contributed by atoms with Gasteiger partial charge in [0.1, 0.15) is 5.15 Å². The zero-order valence-electron chi connectivity index (χ0n) is 12.3. The van der Waals surface area contributed by atoms with Crippen LogP contribution in [-0.2, 0) is 4.79 Å². The molecule has 0 aliphatic carbocycles. The van der Waals surface area contributed by atoms with Gasteiger partial charge in [-0.05, 0) is 44.2 Å². The Morgan fingerprint density at radius 3 is 2.65 bits per heavy atom. The molecule has 112 valence electrons. The van der Waals surface area contributed by atoms with Crippen LogP contribution in [0.15, 0.2) is 6.07 Å². The van der Waals surface area contributed by atoms with Crippen LogP contribution in [0.5, 0.6) is 0 Å². The Labute approximate surface area is 125 Å². The van der Waals surface area contributed by atoms with Crippen molar-refractivity contribution in [2.24, 2.45) is 17.6 Å². The van der Waals surface area contributed by atoms with Gasteiger partial charge in [0.05, 0.1) is 0 Å². The zero-order chi connectivity index (χ0) is 15.1. The summed E-state index contributed by atoms with van der Waals surface area (Å²) in [7, 11) is 0. The Balaban J connectivity index is 2.50. The third kappa shape index (κ3) is 5.84. The van der Waals surface area contributed by atoms with E-state index in [0.29, 0.717) is 30.0 Å². The third-order valence-corrected chi connectivity index (χ3v) is 3.49. The van der Waals surface area contributed by atoms with Crippen LogP contribution in [0.4, 0.5) is 5.95 Å². The molecule has 0 aliphatic rings. The molecule has 1 aromatic rings. The molecular weight excluding hydrogens is 276 g/mol. The molecule has 1 unspecified atom stereocenters. The second kappa shape index (κ2) is 8.17. The van der Waals surface area contributed by atoms with E-state index in [-0.39, 0.29) is 11.9 Å². The number of amides is 1. The van der Waals surface area contributed by atoms with Gasteiger partial charge < -0.3 is 5.73 Å². The van der Waals surface area contributed by atoms with Crippen molar-refractivity contribution in [3.63, 3.8) is 0 Å². The molecule has 0 spiro atoms. The average Bonchev–Trinajstić information content (AvgIpc) is 2.32. The number of carbonyl (C=O) groups excluding carboxylic acids is 1. The number of hydrogen-bond donors (Lipinski definition) is 2. The fourth-order valence-corrected chi connectivity index (χ4v) is 2.35. The number of halogens is 1. The second-order valence-electron chi connectivity index (χ2n) is 5.32. The topological polar surface area (TPSA) is 80.9 Å². The number of nitrogens with two attached hydrogens (primary N) is 1. The van der Waals surface area contributed by atoms with Gasteiger partial charge in [-0.25, -0.2) is 9.97 Å². The van der Waals surface area contributed by atoms with Gasteiger partial charge in [-0.3, -0.25) is 10.1 Å². The predicted molar refractivity (Wildman–Crippen MR) is 81.6 cm³/mol. The Morgan fingerprint density at radius 1 is 1.40 bits per heavy atom. The van der Waals surface area contributed by atoms with Gasteiger partial charge in [-0.1, -0.05) is 25.4 Å². The normalized spacial score (nSPS) is 12.5. The van der Waals surface area contributed by atoms with Crippen molar-refractivity contribution in [2.75, 3.05) is 11.9 Å². The Hall–Kier alpha value is -1.20. The lowest BCUT2D eigenvalue weighted by molar-refractivity contribution is -0.116. The molecule has 0 radical (unpaired) electrons. The molecule has 1 rings (SSSR count). The molecule has 1 amide bonds. The molecule has 0 bridgehead atoms. The monoisotopic (exact) mass is 298 g/mol. The number of aromatic nitrogens is 2. The van der Waals surface area contributed by atoms with E-state index >= 15 is 0 Å². The van der Waals surface area contributed by atoms with Gasteiger partial charge in [0, 0.05) is 12.1 Å². The second-order valence-corrected chi connectivity index (χ2v) is 5.71. The van der Waals surface area contributed by atoms with Gasteiger partial charge >= 0.3 is 0 Å². The van der Waals surface area contributed by atoms with E-state index in [1.165, 1.54) is 0 Å². The number of aryl methyl sites for hydroxylation is 1. The minimum Gasteiger partial charge on any atom is -0.330 e. The summed E-state index contributed by atoms with van der Waals surface area (Å²) in [6, 6.07) is 1.65. The maximum Gasteiger partial charge on any atom is 0.231 e. The number of carbonyl (C=O) groups is 1. The lowest BCUT2D eigenvalue weighted by Gasteiger charge is -2.19. The van der Waals surface area contributed by atoms with Crippen molar-refractivity contribution in [1.82, 2.24) is 9.97 Å². The van der Waals surface area contributed by atoms with E-state index in [0.717, 1.165) is 18.5 Å². The Morgan fingerprint density at radius 2 is 2.10 bits per heavy atom. The van der Waals surface area contributed by atoms with Crippen LogP contribution in [0.1, 0.15) is 38.8 Å². The summed E-state index contributed by atoms with van der Waals surface area (Å²) in [5, 5.41) is 3.01. The van der Waals surface area contributed by atoms with Crippen LogP contribution in [0.2, 0.25) is 5.15 Å². The summed E-state index contributed by atoms with van der Waals surface area (Å²) in [4.78, 5) is 20.0. The zero-order valence-corrected chi connectivity index (χ0v) is 13.1. The van der Waals surface area contributed by atoms with Crippen molar-refractivity contribution >= 4 is 23.5 Å². The molecule has 0 aliphatic heterocycles. The third-order valence-electron chi connectivity index (χ3n) is 3.30. The van der Waals surface area contributed by atoms with Crippen LogP contribution in [0.25, 0.3) is 0 Å². The lowest BCUT2D eigenvalue weighted by Crippen LogP contribution is -2.19. The smallest absolute Gasteiger partial charge is 0.231 e. The minimum absolute atomic E-state index is 0.0886. The van der Waals surface area contributed by atoms with E-state index in [2.05, 4.69) is 29.1 Å². The van der Waals surface area contributed by atoms with Gasteiger partial charge in [-0.2, -0.15) is 0 Å². The number of nitrogens with zero attached hydrogens (tertiary/aromatic N) is 2. The van der Waals surface area contributed by atoms with Crippen molar-refractivity contribution < 1.29 is 4.79 Å². The predicted octanol–water partition coefficient (Wildman–Crippen LogP) is 2.78. The summed E-state index contributed by atoms with van der Waals surface area (Å²) in [6.07, 6.45) is 2.20. The van der Waals surface area contributed by atoms with E-state index < -0.39 is 0 Å². The van der Waals surface area contributed by atoms with Gasteiger partial charge in [-0.15, -0.1) is 0 Å². The first kappa shape index (κ1) is 16.9. The highest BCUT2D eigenvalue weighted by atomic mass is 35.5. The first-order chi connectivity index (χ1) is 9.42. The van der Waals surface area contributed by atoms with Gasteiger partial charge in [0.25, 0.3) is 0 Å². The van der Waals surface area contributed by atoms with Crippen LogP contribution in [0.3, 0.4) is 0 Å². The molecular formula is C14H23ClN4O. The quantitative estimate of drug-likeness (QED) is 0.758. The molecule has 3 N–H and O–H groups in total. The molecule has 0 saturated carbocycles. The summed E-state index contributed by atoms with van der Waals surface area (Å²) in [5.74, 6) is 1.16. The first-order valence-electron chi connectivity index (χ1n) is 6.93. The molecule has 0 aromatic carbocycles. The minimum atomic E-state index is -0.0886. The van der Waals surface area contributed by atoms with Crippen molar-refractivity contribution in [3.8, 4) is 0 Å².